The first-order valence-corrected chi connectivity index (χ1v) is 12.2. The monoisotopic (exact) mass is 367 g/mol. The Bertz CT molecular complexity index is 286. The predicted molar refractivity (Wildman–Crippen MR) is 116 cm³/mol. The molecule has 2 heteroatoms. The maximum absolute atomic E-state index is 6.00. The molecule has 1 heterocycles. The van der Waals surface area contributed by atoms with Crippen LogP contribution in [-0.2, 0) is 4.74 Å². The summed E-state index contributed by atoms with van der Waals surface area (Å²) < 4.78 is 6.00. The fourth-order valence-corrected chi connectivity index (χ4v) is 3.94. The van der Waals surface area contributed by atoms with Crippen LogP contribution < -0.4 is 0 Å². The summed E-state index contributed by atoms with van der Waals surface area (Å²) >= 11 is 0. The highest BCUT2D eigenvalue weighted by Crippen LogP contribution is 2.31. The van der Waals surface area contributed by atoms with E-state index >= 15 is 0 Å². The average Bonchev–Trinajstić information content (AvgIpc) is 3.42. The summed E-state index contributed by atoms with van der Waals surface area (Å²) in [5.41, 5.74) is 0. The highest BCUT2D eigenvalue weighted by atomic mass is 16.6. The number of hydrogen-bond donors (Lipinski definition) is 0. The van der Waals surface area contributed by atoms with Crippen molar-refractivity contribution >= 4 is 0 Å². The third-order valence-electron chi connectivity index (χ3n) is 5.86. The quantitative estimate of drug-likeness (QED) is 0.162. The van der Waals surface area contributed by atoms with Crippen molar-refractivity contribution in [1.29, 1.82) is 0 Å². The first-order valence-electron chi connectivity index (χ1n) is 12.2. The van der Waals surface area contributed by atoms with Crippen molar-refractivity contribution in [3.63, 3.8) is 0 Å². The molecule has 2 atom stereocenters. The van der Waals surface area contributed by atoms with Crippen LogP contribution in [0.3, 0.4) is 0 Å². The van der Waals surface area contributed by atoms with Crippen LogP contribution in [0.4, 0.5) is 0 Å². The standard InChI is InChI=1S/C24H49NO/c1-4-7-10-11-12-13-14-15-16-17-18-19-20-23-24(26-23)25(21-8-5-2)22-9-6-3/h23-24H,4-22H2,1-3H3. The van der Waals surface area contributed by atoms with Crippen molar-refractivity contribution < 1.29 is 4.74 Å². The van der Waals surface area contributed by atoms with E-state index < -0.39 is 0 Å². The Hall–Kier alpha value is -0.0800. The first-order chi connectivity index (χ1) is 12.8. The Labute approximate surface area is 165 Å². The minimum Gasteiger partial charge on any atom is -0.353 e. The van der Waals surface area contributed by atoms with Gasteiger partial charge in [-0.15, -0.1) is 0 Å². The number of ether oxygens (including phenoxy) is 1. The molecule has 1 aliphatic heterocycles. The molecule has 156 valence electrons. The van der Waals surface area contributed by atoms with E-state index in [4.69, 9.17) is 4.74 Å². The van der Waals surface area contributed by atoms with Gasteiger partial charge in [-0.3, -0.25) is 4.90 Å². The van der Waals surface area contributed by atoms with Crippen LogP contribution in [0.25, 0.3) is 0 Å². The van der Waals surface area contributed by atoms with Gasteiger partial charge in [-0.1, -0.05) is 111 Å². The highest BCUT2D eigenvalue weighted by Gasteiger charge is 2.42. The molecular weight excluding hydrogens is 318 g/mol. The smallest absolute Gasteiger partial charge is 0.137 e. The van der Waals surface area contributed by atoms with Crippen LogP contribution in [0.2, 0.25) is 0 Å². The van der Waals surface area contributed by atoms with Crippen LogP contribution in [-0.4, -0.2) is 30.3 Å². The summed E-state index contributed by atoms with van der Waals surface area (Å²) in [4.78, 5) is 2.61. The SMILES string of the molecule is CCCCCCCCCCCCCCC1OC1N(CCCC)CCCC. The molecule has 1 fully saturated rings. The predicted octanol–water partition coefficient (Wildman–Crippen LogP) is 7.70. The summed E-state index contributed by atoms with van der Waals surface area (Å²) in [6.45, 7) is 9.34. The van der Waals surface area contributed by atoms with Crippen molar-refractivity contribution in [1.82, 2.24) is 4.90 Å². The summed E-state index contributed by atoms with van der Waals surface area (Å²) in [6.07, 6.45) is 24.7. The molecule has 26 heavy (non-hydrogen) atoms. The van der Waals surface area contributed by atoms with E-state index in [-0.39, 0.29) is 0 Å². The van der Waals surface area contributed by atoms with E-state index in [0.717, 1.165) is 0 Å². The largest absolute Gasteiger partial charge is 0.353 e. The van der Waals surface area contributed by atoms with Gasteiger partial charge in [0.15, 0.2) is 0 Å². The molecule has 0 saturated carbocycles. The molecule has 0 aromatic rings. The summed E-state index contributed by atoms with van der Waals surface area (Å²) in [7, 11) is 0. The molecule has 0 aromatic carbocycles. The number of nitrogens with zero attached hydrogens (tertiary/aromatic N) is 1. The summed E-state index contributed by atoms with van der Waals surface area (Å²) in [6, 6.07) is 0. The van der Waals surface area contributed by atoms with E-state index in [1.807, 2.05) is 0 Å². The van der Waals surface area contributed by atoms with Crippen molar-refractivity contribution in [2.45, 2.75) is 142 Å². The van der Waals surface area contributed by atoms with Gasteiger partial charge in [0.1, 0.15) is 6.23 Å². The lowest BCUT2D eigenvalue weighted by molar-refractivity contribution is 0.170. The first kappa shape index (κ1) is 24.0. The van der Waals surface area contributed by atoms with Gasteiger partial charge in [0.25, 0.3) is 0 Å². The fraction of sp³-hybridized carbons (Fsp3) is 1.00. The lowest BCUT2D eigenvalue weighted by Crippen LogP contribution is -2.30. The summed E-state index contributed by atoms with van der Waals surface area (Å²) in [5, 5.41) is 0. The van der Waals surface area contributed by atoms with Crippen LogP contribution >= 0.6 is 0 Å². The Morgan fingerprint density at radius 2 is 0.962 bits per heavy atom. The number of unbranched alkanes of at least 4 members (excludes halogenated alkanes) is 13. The second-order valence-electron chi connectivity index (χ2n) is 8.49. The fourth-order valence-electron chi connectivity index (χ4n) is 3.94. The normalized spacial score (nSPS) is 19.4. The Balaban J connectivity index is 1.89. The average molecular weight is 368 g/mol. The van der Waals surface area contributed by atoms with Gasteiger partial charge < -0.3 is 4.74 Å². The molecule has 2 nitrogen and oxygen atoms in total. The van der Waals surface area contributed by atoms with Crippen LogP contribution in [0.1, 0.15) is 130 Å². The van der Waals surface area contributed by atoms with Gasteiger partial charge in [0.05, 0.1) is 6.10 Å². The molecular formula is C24H49NO. The van der Waals surface area contributed by atoms with Gasteiger partial charge >= 0.3 is 0 Å². The van der Waals surface area contributed by atoms with Crippen molar-refractivity contribution in [3.8, 4) is 0 Å². The highest BCUT2D eigenvalue weighted by molar-refractivity contribution is 4.85. The zero-order chi connectivity index (χ0) is 18.9. The van der Waals surface area contributed by atoms with E-state index in [2.05, 4.69) is 25.7 Å². The van der Waals surface area contributed by atoms with Crippen molar-refractivity contribution in [2.75, 3.05) is 13.1 Å². The number of epoxide rings is 1. The zero-order valence-corrected chi connectivity index (χ0v) is 18.4. The van der Waals surface area contributed by atoms with Crippen LogP contribution in [0, 0.1) is 0 Å². The molecule has 0 radical (unpaired) electrons. The molecule has 0 N–H and O–H groups in total. The molecule has 0 amide bonds. The molecule has 1 saturated heterocycles. The second-order valence-corrected chi connectivity index (χ2v) is 8.49. The van der Waals surface area contributed by atoms with Crippen molar-refractivity contribution in [3.05, 3.63) is 0 Å². The van der Waals surface area contributed by atoms with Crippen LogP contribution in [0.15, 0.2) is 0 Å². The molecule has 0 aromatic heterocycles. The lowest BCUT2D eigenvalue weighted by atomic mass is 10.0. The minimum absolute atomic E-state index is 0.459. The lowest BCUT2D eigenvalue weighted by Gasteiger charge is -2.19. The molecule has 1 aliphatic rings. The van der Waals surface area contributed by atoms with E-state index in [1.165, 1.54) is 122 Å². The van der Waals surface area contributed by atoms with Gasteiger partial charge in [0.2, 0.25) is 0 Å². The van der Waals surface area contributed by atoms with Gasteiger partial charge in [-0.2, -0.15) is 0 Å². The third-order valence-corrected chi connectivity index (χ3v) is 5.86. The van der Waals surface area contributed by atoms with Crippen molar-refractivity contribution in [2.24, 2.45) is 0 Å². The number of hydrogen-bond acceptors (Lipinski definition) is 2. The maximum Gasteiger partial charge on any atom is 0.137 e. The van der Waals surface area contributed by atoms with E-state index in [0.29, 0.717) is 12.3 Å². The van der Waals surface area contributed by atoms with E-state index in [1.54, 1.807) is 0 Å². The van der Waals surface area contributed by atoms with Gasteiger partial charge in [-0.05, 0) is 19.3 Å². The molecule has 2 unspecified atom stereocenters. The topological polar surface area (TPSA) is 15.8 Å². The minimum atomic E-state index is 0.459. The Kier molecular flexibility index (Phi) is 15.7. The zero-order valence-electron chi connectivity index (χ0n) is 18.4. The van der Waals surface area contributed by atoms with Gasteiger partial charge in [0, 0.05) is 13.1 Å². The molecule has 1 rings (SSSR count). The van der Waals surface area contributed by atoms with Gasteiger partial charge in [-0.25, -0.2) is 0 Å². The maximum atomic E-state index is 6.00. The Morgan fingerprint density at radius 3 is 1.42 bits per heavy atom. The number of rotatable bonds is 20. The molecule has 0 aliphatic carbocycles. The second kappa shape index (κ2) is 17.0. The molecule has 0 bridgehead atoms. The summed E-state index contributed by atoms with van der Waals surface area (Å²) in [5.74, 6) is 0. The van der Waals surface area contributed by atoms with Crippen LogP contribution in [0.5, 0.6) is 0 Å². The molecule has 0 spiro atoms. The third kappa shape index (κ3) is 12.3. The van der Waals surface area contributed by atoms with E-state index in [9.17, 15) is 0 Å². The Morgan fingerprint density at radius 1 is 0.538 bits per heavy atom.